The summed E-state index contributed by atoms with van der Waals surface area (Å²) in [5.74, 6) is 0.383. The molecular weight excluding hydrogens is 504 g/mol. The number of aromatic amines is 1. The molecule has 0 aromatic carbocycles. The zero-order valence-electron chi connectivity index (χ0n) is 21.9. The van der Waals surface area contributed by atoms with Crippen molar-refractivity contribution in [3.63, 3.8) is 0 Å². The third-order valence-electron chi connectivity index (χ3n) is 6.44. The number of hydrogen-bond acceptors (Lipinski definition) is 7. The average Bonchev–Trinajstić information content (AvgIpc) is 3.63. The molecule has 0 saturated heterocycles. The van der Waals surface area contributed by atoms with Gasteiger partial charge in [0.15, 0.2) is 5.65 Å². The van der Waals surface area contributed by atoms with E-state index in [4.69, 9.17) is 5.11 Å². The molecule has 39 heavy (non-hydrogen) atoms. The second-order valence-electron chi connectivity index (χ2n) is 9.74. The van der Waals surface area contributed by atoms with Gasteiger partial charge in [-0.15, -0.1) is 0 Å². The number of rotatable bonds is 12. The van der Waals surface area contributed by atoms with Crippen LogP contribution in [0, 0.1) is 5.92 Å². The summed E-state index contributed by atoms with van der Waals surface area (Å²) in [7, 11) is 3.22. The Kier molecular flexibility index (Phi) is 8.69. The van der Waals surface area contributed by atoms with Gasteiger partial charge in [-0.25, -0.2) is 19.7 Å². The van der Waals surface area contributed by atoms with Crippen molar-refractivity contribution < 1.29 is 19.5 Å². The Bertz CT molecular complexity index is 1440. The first kappa shape index (κ1) is 27.5. The number of aryl methyl sites for hydroxylation is 1. The highest BCUT2D eigenvalue weighted by Crippen LogP contribution is 2.33. The van der Waals surface area contributed by atoms with E-state index in [9.17, 15) is 19.2 Å². The standard InChI is InChI=1S/C26H32N8O5/c1-33(2)21(35)8-4-3-6-18(30-26(38)39)24(36)29-19-7-5-13-34(25(19)37)14-20-31-22-17(12-11-16-9-10-16)27-15-28-23(22)32-20/h4-5,7-8,13,15-16,18,30H,3,6,9-12,14H2,1-2H3,(H,29,36)(H,38,39)(H,27,28,31,32)/b8-4+. The maximum absolute atomic E-state index is 13.1. The fourth-order valence-electron chi connectivity index (χ4n) is 4.09. The molecule has 4 rings (SSSR count). The van der Waals surface area contributed by atoms with E-state index in [1.165, 1.54) is 40.8 Å². The second-order valence-corrected chi connectivity index (χ2v) is 9.74. The van der Waals surface area contributed by atoms with Crippen LogP contribution < -0.4 is 16.2 Å². The predicted molar refractivity (Wildman–Crippen MR) is 143 cm³/mol. The molecule has 3 amide bonds. The van der Waals surface area contributed by atoms with Crippen LogP contribution in [0.25, 0.3) is 11.2 Å². The highest BCUT2D eigenvalue weighted by atomic mass is 16.4. The molecule has 1 aliphatic rings. The topological polar surface area (TPSA) is 175 Å². The average molecular weight is 537 g/mol. The van der Waals surface area contributed by atoms with Gasteiger partial charge >= 0.3 is 6.09 Å². The van der Waals surface area contributed by atoms with Crippen molar-refractivity contribution in [1.29, 1.82) is 0 Å². The second kappa shape index (κ2) is 12.3. The van der Waals surface area contributed by atoms with Gasteiger partial charge in [-0.3, -0.25) is 14.4 Å². The van der Waals surface area contributed by atoms with Crippen molar-refractivity contribution in [3.8, 4) is 0 Å². The van der Waals surface area contributed by atoms with Crippen LogP contribution in [0.3, 0.4) is 0 Å². The molecule has 0 bridgehead atoms. The van der Waals surface area contributed by atoms with E-state index in [-0.39, 0.29) is 31.0 Å². The number of allylic oxidation sites excluding steroid dienone is 1. The first-order valence-electron chi connectivity index (χ1n) is 12.8. The summed E-state index contributed by atoms with van der Waals surface area (Å²) in [5.41, 5.74) is 1.72. The molecule has 13 nitrogen and oxygen atoms in total. The molecule has 13 heteroatoms. The fraction of sp³-hybridized carbons (Fsp3) is 0.423. The molecule has 1 unspecified atom stereocenters. The van der Waals surface area contributed by atoms with Crippen LogP contribution in [-0.4, -0.2) is 72.6 Å². The van der Waals surface area contributed by atoms with E-state index < -0.39 is 23.6 Å². The number of likely N-dealkylation sites (N-methyl/N-ethyl adjacent to an activating group) is 1. The molecule has 1 saturated carbocycles. The molecule has 0 aliphatic heterocycles. The number of anilines is 1. The van der Waals surface area contributed by atoms with Gasteiger partial charge < -0.3 is 30.2 Å². The number of nitrogens with zero attached hydrogens (tertiary/aromatic N) is 5. The number of nitrogens with one attached hydrogen (secondary N) is 3. The highest BCUT2D eigenvalue weighted by Gasteiger charge is 2.23. The fourth-order valence-corrected chi connectivity index (χ4v) is 4.09. The first-order chi connectivity index (χ1) is 18.7. The summed E-state index contributed by atoms with van der Waals surface area (Å²) in [6.07, 6.45) is 9.42. The smallest absolute Gasteiger partial charge is 0.405 e. The maximum Gasteiger partial charge on any atom is 0.405 e. The Morgan fingerprint density at radius 1 is 1.28 bits per heavy atom. The Hall–Kier alpha value is -4.55. The molecule has 206 valence electrons. The molecule has 0 spiro atoms. The van der Waals surface area contributed by atoms with Crippen LogP contribution in [0.4, 0.5) is 10.5 Å². The predicted octanol–water partition coefficient (Wildman–Crippen LogP) is 1.90. The molecular formula is C26H32N8O5. The summed E-state index contributed by atoms with van der Waals surface area (Å²) < 4.78 is 1.39. The molecule has 1 fully saturated rings. The van der Waals surface area contributed by atoms with Crippen molar-refractivity contribution in [3.05, 3.63) is 58.7 Å². The zero-order valence-corrected chi connectivity index (χ0v) is 21.9. The van der Waals surface area contributed by atoms with Gasteiger partial charge in [0.2, 0.25) is 11.8 Å². The molecule has 4 N–H and O–H groups in total. The lowest BCUT2D eigenvalue weighted by Crippen LogP contribution is -2.44. The van der Waals surface area contributed by atoms with Crippen molar-refractivity contribution in [1.82, 2.24) is 34.7 Å². The van der Waals surface area contributed by atoms with Crippen molar-refractivity contribution in [2.45, 2.75) is 51.1 Å². The lowest BCUT2D eigenvalue weighted by Gasteiger charge is -2.16. The van der Waals surface area contributed by atoms with E-state index in [0.29, 0.717) is 11.5 Å². The van der Waals surface area contributed by atoms with Crippen molar-refractivity contribution in [2.24, 2.45) is 5.92 Å². The largest absolute Gasteiger partial charge is 0.465 e. The lowest BCUT2D eigenvalue weighted by molar-refractivity contribution is -0.123. The maximum atomic E-state index is 13.1. The molecule has 3 aromatic heterocycles. The Morgan fingerprint density at radius 2 is 2.08 bits per heavy atom. The number of amides is 3. The van der Waals surface area contributed by atoms with E-state index in [1.807, 2.05) is 0 Å². The van der Waals surface area contributed by atoms with Gasteiger partial charge in [0.25, 0.3) is 5.56 Å². The Balaban J connectivity index is 1.44. The SMILES string of the molecule is CN(C)C(=O)/C=C/CCC(NC(=O)O)C(=O)Nc1cccn(Cc2nc3ncnc(CCC4CC4)c3[nH]2)c1=O. The van der Waals surface area contributed by atoms with Gasteiger partial charge in [0.05, 0.1) is 12.2 Å². The normalized spacial score (nSPS) is 13.9. The quantitative estimate of drug-likeness (QED) is 0.254. The minimum Gasteiger partial charge on any atom is -0.465 e. The van der Waals surface area contributed by atoms with Crippen LogP contribution >= 0.6 is 0 Å². The number of imidazole rings is 1. The van der Waals surface area contributed by atoms with Crippen LogP contribution in [0.15, 0.2) is 41.6 Å². The lowest BCUT2D eigenvalue weighted by atomic mass is 10.1. The summed E-state index contributed by atoms with van der Waals surface area (Å²) in [6.45, 7) is 0.114. The Labute approximate surface area is 224 Å². The third-order valence-corrected chi connectivity index (χ3v) is 6.44. The third kappa shape index (κ3) is 7.49. The number of carbonyl (C=O) groups is 3. The van der Waals surface area contributed by atoms with Gasteiger partial charge in [0, 0.05) is 20.3 Å². The molecule has 1 aliphatic carbocycles. The Morgan fingerprint density at radius 3 is 2.79 bits per heavy atom. The molecule has 3 heterocycles. The zero-order chi connectivity index (χ0) is 27.9. The number of hydrogen-bond donors (Lipinski definition) is 4. The summed E-state index contributed by atoms with van der Waals surface area (Å²) >= 11 is 0. The summed E-state index contributed by atoms with van der Waals surface area (Å²) in [5, 5.41) is 13.9. The number of fused-ring (bicyclic) bond motifs is 1. The first-order valence-corrected chi connectivity index (χ1v) is 12.8. The monoisotopic (exact) mass is 536 g/mol. The minimum absolute atomic E-state index is 0.000887. The minimum atomic E-state index is -1.38. The van der Waals surface area contributed by atoms with Crippen molar-refractivity contribution >= 4 is 34.8 Å². The van der Waals surface area contributed by atoms with E-state index in [1.54, 1.807) is 32.4 Å². The van der Waals surface area contributed by atoms with E-state index in [2.05, 4.69) is 30.6 Å². The van der Waals surface area contributed by atoms with Gasteiger partial charge in [0.1, 0.15) is 29.4 Å². The number of carboxylic acid groups (broad SMARTS) is 1. The van der Waals surface area contributed by atoms with Crippen LogP contribution in [0.1, 0.15) is 43.6 Å². The number of H-pyrrole nitrogens is 1. The highest BCUT2D eigenvalue weighted by molar-refractivity contribution is 5.96. The number of carbonyl (C=O) groups excluding carboxylic acids is 2. The van der Waals surface area contributed by atoms with Crippen LogP contribution in [-0.2, 0) is 22.6 Å². The van der Waals surface area contributed by atoms with E-state index >= 15 is 0 Å². The van der Waals surface area contributed by atoms with Gasteiger partial charge in [-0.2, -0.15) is 0 Å². The van der Waals surface area contributed by atoms with Gasteiger partial charge in [-0.1, -0.05) is 18.9 Å². The van der Waals surface area contributed by atoms with Gasteiger partial charge in [-0.05, 0) is 49.8 Å². The number of pyridine rings is 1. The molecule has 1 atom stereocenters. The molecule has 3 aromatic rings. The van der Waals surface area contributed by atoms with Crippen LogP contribution in [0.5, 0.6) is 0 Å². The van der Waals surface area contributed by atoms with E-state index in [0.717, 1.165) is 30.0 Å². The van der Waals surface area contributed by atoms with Crippen molar-refractivity contribution in [2.75, 3.05) is 19.4 Å². The van der Waals surface area contributed by atoms with Crippen LogP contribution in [0.2, 0.25) is 0 Å². The summed E-state index contributed by atoms with van der Waals surface area (Å²) in [4.78, 5) is 66.6. The molecule has 0 radical (unpaired) electrons. The number of aromatic nitrogens is 5. The summed E-state index contributed by atoms with van der Waals surface area (Å²) in [6, 6.07) is 1.93.